The molecule has 11 heavy (non-hydrogen) atoms. The molecule has 0 radical (unpaired) electrons. The molecule has 0 fully saturated rings. The standard InChI is InChI=1S/C7H4FIN2/c8-7-6-4(9)2-1-3-5(6)10-11-7/h1-3H,(H,10,11). The lowest BCUT2D eigenvalue weighted by atomic mass is 10.3. The Morgan fingerprint density at radius 2 is 2.27 bits per heavy atom. The molecule has 0 saturated carbocycles. The van der Waals surface area contributed by atoms with E-state index in [2.05, 4.69) is 32.8 Å². The summed E-state index contributed by atoms with van der Waals surface area (Å²) in [5.74, 6) is -0.356. The lowest BCUT2D eigenvalue weighted by Gasteiger charge is -1.89. The number of nitrogens with one attached hydrogen (secondary N) is 1. The summed E-state index contributed by atoms with van der Waals surface area (Å²) < 4.78 is 13.8. The zero-order chi connectivity index (χ0) is 7.84. The molecule has 0 unspecified atom stereocenters. The molecule has 0 aliphatic carbocycles. The van der Waals surface area contributed by atoms with Gasteiger partial charge < -0.3 is 0 Å². The Bertz CT molecular complexity index is 396. The Labute approximate surface area is 75.9 Å². The lowest BCUT2D eigenvalue weighted by Crippen LogP contribution is -1.75. The quantitative estimate of drug-likeness (QED) is 0.725. The van der Waals surface area contributed by atoms with Crippen molar-refractivity contribution in [2.45, 2.75) is 0 Å². The SMILES string of the molecule is Fc1[nH]nc2cccc(I)c12. The maximum Gasteiger partial charge on any atom is 0.217 e. The highest BCUT2D eigenvalue weighted by molar-refractivity contribution is 14.1. The Morgan fingerprint density at radius 1 is 1.45 bits per heavy atom. The van der Waals surface area contributed by atoms with E-state index in [1.165, 1.54) is 0 Å². The van der Waals surface area contributed by atoms with E-state index in [9.17, 15) is 4.39 Å². The lowest BCUT2D eigenvalue weighted by molar-refractivity contribution is 0.588. The van der Waals surface area contributed by atoms with Crippen LogP contribution in [0.5, 0.6) is 0 Å². The number of nitrogens with zero attached hydrogens (tertiary/aromatic N) is 1. The van der Waals surface area contributed by atoms with Gasteiger partial charge in [-0.05, 0) is 34.7 Å². The van der Waals surface area contributed by atoms with Crippen LogP contribution in [-0.4, -0.2) is 10.2 Å². The van der Waals surface area contributed by atoms with Gasteiger partial charge in [0.15, 0.2) is 0 Å². The van der Waals surface area contributed by atoms with E-state index < -0.39 is 0 Å². The van der Waals surface area contributed by atoms with Crippen LogP contribution in [0.25, 0.3) is 10.9 Å². The topological polar surface area (TPSA) is 28.7 Å². The fraction of sp³-hybridized carbons (Fsp3) is 0. The molecule has 0 bridgehead atoms. The molecule has 0 amide bonds. The molecule has 4 heteroatoms. The number of hydrogen-bond acceptors (Lipinski definition) is 1. The van der Waals surface area contributed by atoms with E-state index in [-0.39, 0.29) is 5.95 Å². The molecule has 0 atom stereocenters. The predicted molar refractivity (Wildman–Crippen MR) is 48.8 cm³/mol. The highest BCUT2D eigenvalue weighted by Gasteiger charge is 2.06. The fourth-order valence-corrected chi connectivity index (χ4v) is 1.71. The smallest absolute Gasteiger partial charge is 0.217 e. The summed E-state index contributed by atoms with van der Waals surface area (Å²) in [6, 6.07) is 5.48. The molecule has 2 aromatic rings. The Kier molecular flexibility index (Phi) is 1.56. The van der Waals surface area contributed by atoms with Crippen LogP contribution in [-0.2, 0) is 0 Å². The van der Waals surface area contributed by atoms with Crippen molar-refractivity contribution in [1.29, 1.82) is 0 Å². The molecular weight excluding hydrogens is 258 g/mol. The Balaban J connectivity index is 2.96. The first kappa shape index (κ1) is 7.02. The first-order chi connectivity index (χ1) is 5.29. The van der Waals surface area contributed by atoms with Crippen LogP contribution < -0.4 is 0 Å². The molecule has 1 heterocycles. The van der Waals surface area contributed by atoms with Crippen LogP contribution in [0.1, 0.15) is 0 Å². The van der Waals surface area contributed by atoms with Crippen LogP contribution in [0.15, 0.2) is 18.2 Å². The average molecular weight is 262 g/mol. The average Bonchev–Trinajstić information content (AvgIpc) is 2.34. The number of H-pyrrole nitrogens is 1. The zero-order valence-corrected chi connectivity index (χ0v) is 7.59. The van der Waals surface area contributed by atoms with Crippen LogP contribution in [0, 0.1) is 9.52 Å². The van der Waals surface area contributed by atoms with Crippen molar-refractivity contribution < 1.29 is 4.39 Å². The highest BCUT2D eigenvalue weighted by atomic mass is 127. The van der Waals surface area contributed by atoms with Gasteiger partial charge in [0.2, 0.25) is 5.95 Å². The molecule has 0 spiro atoms. The number of hydrogen-bond donors (Lipinski definition) is 1. The van der Waals surface area contributed by atoms with Crippen molar-refractivity contribution in [1.82, 2.24) is 10.2 Å². The van der Waals surface area contributed by atoms with E-state index in [0.29, 0.717) is 10.9 Å². The Hall–Kier alpha value is -0.650. The molecule has 1 aromatic carbocycles. The second-order valence-electron chi connectivity index (χ2n) is 2.17. The third-order valence-electron chi connectivity index (χ3n) is 1.49. The van der Waals surface area contributed by atoms with E-state index in [0.717, 1.165) is 3.57 Å². The van der Waals surface area contributed by atoms with Gasteiger partial charge in [0.05, 0.1) is 10.9 Å². The third kappa shape index (κ3) is 1.01. The van der Waals surface area contributed by atoms with Crippen molar-refractivity contribution in [3.63, 3.8) is 0 Å². The minimum absolute atomic E-state index is 0.356. The molecule has 1 N–H and O–H groups in total. The predicted octanol–water partition coefficient (Wildman–Crippen LogP) is 2.31. The summed E-state index contributed by atoms with van der Waals surface area (Å²) in [6.45, 7) is 0. The Morgan fingerprint density at radius 3 is 3.00 bits per heavy atom. The number of benzene rings is 1. The number of aromatic amines is 1. The molecular formula is C7H4FIN2. The summed E-state index contributed by atoms with van der Waals surface area (Å²) >= 11 is 2.08. The van der Waals surface area contributed by atoms with Crippen LogP contribution in [0.4, 0.5) is 4.39 Å². The van der Waals surface area contributed by atoms with Gasteiger partial charge in [-0.2, -0.15) is 9.49 Å². The molecule has 0 saturated heterocycles. The van der Waals surface area contributed by atoms with Crippen LogP contribution in [0.3, 0.4) is 0 Å². The first-order valence-corrected chi connectivity index (χ1v) is 4.15. The molecule has 2 nitrogen and oxygen atoms in total. The summed E-state index contributed by atoms with van der Waals surface area (Å²) in [4.78, 5) is 0. The number of rotatable bonds is 0. The van der Waals surface area contributed by atoms with E-state index in [1.54, 1.807) is 6.07 Å². The zero-order valence-electron chi connectivity index (χ0n) is 5.44. The van der Waals surface area contributed by atoms with Crippen molar-refractivity contribution in [2.24, 2.45) is 0 Å². The maximum absolute atomic E-state index is 12.9. The van der Waals surface area contributed by atoms with Gasteiger partial charge in [-0.1, -0.05) is 6.07 Å². The van der Waals surface area contributed by atoms with Crippen molar-refractivity contribution >= 4 is 33.5 Å². The third-order valence-corrected chi connectivity index (χ3v) is 2.38. The fourth-order valence-electron chi connectivity index (χ4n) is 0.988. The van der Waals surface area contributed by atoms with E-state index in [4.69, 9.17) is 0 Å². The summed E-state index contributed by atoms with van der Waals surface area (Å²) in [7, 11) is 0. The molecule has 1 aromatic heterocycles. The van der Waals surface area contributed by atoms with Gasteiger partial charge in [-0.3, -0.25) is 5.10 Å². The normalized spacial score (nSPS) is 10.7. The minimum atomic E-state index is -0.356. The number of aromatic nitrogens is 2. The monoisotopic (exact) mass is 262 g/mol. The highest BCUT2D eigenvalue weighted by Crippen LogP contribution is 2.20. The second-order valence-corrected chi connectivity index (χ2v) is 3.33. The van der Waals surface area contributed by atoms with E-state index in [1.807, 2.05) is 12.1 Å². The maximum atomic E-state index is 12.9. The van der Waals surface area contributed by atoms with Crippen LogP contribution in [0.2, 0.25) is 0 Å². The van der Waals surface area contributed by atoms with E-state index >= 15 is 0 Å². The van der Waals surface area contributed by atoms with Crippen molar-refractivity contribution in [2.75, 3.05) is 0 Å². The minimum Gasteiger partial charge on any atom is -0.252 e. The van der Waals surface area contributed by atoms with Gasteiger partial charge in [-0.25, -0.2) is 0 Å². The number of halogens is 2. The molecule has 56 valence electrons. The van der Waals surface area contributed by atoms with Gasteiger partial charge in [0.25, 0.3) is 0 Å². The summed E-state index contributed by atoms with van der Waals surface area (Å²) in [6.07, 6.45) is 0. The summed E-state index contributed by atoms with van der Waals surface area (Å²) in [5.41, 5.74) is 0.675. The van der Waals surface area contributed by atoms with Crippen molar-refractivity contribution in [3.05, 3.63) is 27.7 Å². The van der Waals surface area contributed by atoms with Crippen LogP contribution >= 0.6 is 22.6 Å². The second kappa shape index (κ2) is 2.44. The molecule has 0 aliphatic rings. The van der Waals surface area contributed by atoms with Gasteiger partial charge in [0, 0.05) is 3.57 Å². The molecule has 2 rings (SSSR count). The largest absolute Gasteiger partial charge is 0.252 e. The molecule has 0 aliphatic heterocycles. The first-order valence-electron chi connectivity index (χ1n) is 3.07. The van der Waals surface area contributed by atoms with Gasteiger partial charge >= 0.3 is 0 Å². The summed E-state index contributed by atoms with van der Waals surface area (Å²) in [5, 5.41) is 6.65. The number of fused-ring (bicyclic) bond motifs is 1. The van der Waals surface area contributed by atoms with Gasteiger partial charge in [0.1, 0.15) is 0 Å². The van der Waals surface area contributed by atoms with Crippen molar-refractivity contribution in [3.8, 4) is 0 Å². The van der Waals surface area contributed by atoms with Gasteiger partial charge in [-0.15, -0.1) is 0 Å².